The lowest BCUT2D eigenvalue weighted by Crippen LogP contribution is -2.15. The fourth-order valence-electron chi connectivity index (χ4n) is 2.12. The third-order valence-corrected chi connectivity index (χ3v) is 4.66. The smallest absolute Gasteiger partial charge is 0.129 e. The van der Waals surface area contributed by atoms with Gasteiger partial charge in [-0.05, 0) is 65.0 Å². The number of rotatable bonds is 3. The van der Waals surface area contributed by atoms with E-state index in [1.165, 1.54) is 17.2 Å². The van der Waals surface area contributed by atoms with Crippen LogP contribution in [0, 0.1) is 19.7 Å². The highest BCUT2D eigenvalue weighted by Gasteiger charge is 2.15. The summed E-state index contributed by atoms with van der Waals surface area (Å²) in [5.41, 5.74) is 10.1. The number of nitrogens with two attached hydrogens (primary N) is 1. The zero-order valence-electron chi connectivity index (χ0n) is 11.4. The third-order valence-electron chi connectivity index (χ3n) is 3.47. The van der Waals surface area contributed by atoms with Gasteiger partial charge in [0.05, 0.1) is 5.02 Å². The maximum atomic E-state index is 14.0. The van der Waals surface area contributed by atoms with Crippen molar-refractivity contribution in [1.82, 2.24) is 0 Å². The predicted octanol–water partition coefficient (Wildman–Crippen LogP) is 5.10. The Morgan fingerprint density at radius 1 is 1.20 bits per heavy atom. The second kappa shape index (κ2) is 6.25. The van der Waals surface area contributed by atoms with Crippen molar-refractivity contribution in [3.63, 3.8) is 0 Å². The van der Waals surface area contributed by atoms with E-state index < -0.39 is 6.04 Å². The molecule has 2 aromatic carbocycles. The molecule has 2 N–H and O–H groups in total. The summed E-state index contributed by atoms with van der Waals surface area (Å²) in [5.74, 6) is -0.336. The van der Waals surface area contributed by atoms with Crippen LogP contribution in [0.4, 0.5) is 4.39 Å². The molecule has 20 heavy (non-hydrogen) atoms. The normalized spacial score (nSPS) is 12.5. The Kier molecular flexibility index (Phi) is 4.84. The monoisotopic (exact) mass is 355 g/mol. The van der Waals surface area contributed by atoms with Gasteiger partial charge in [0.15, 0.2) is 0 Å². The van der Waals surface area contributed by atoms with E-state index in [0.717, 1.165) is 5.56 Å². The first-order chi connectivity index (χ1) is 9.38. The minimum atomic E-state index is -0.414. The van der Waals surface area contributed by atoms with Crippen LogP contribution in [0.3, 0.4) is 0 Å². The lowest BCUT2D eigenvalue weighted by Gasteiger charge is -2.15. The van der Waals surface area contributed by atoms with Gasteiger partial charge in [-0.3, -0.25) is 0 Å². The van der Waals surface area contributed by atoms with E-state index in [1.807, 2.05) is 6.07 Å². The maximum absolute atomic E-state index is 14.0. The van der Waals surface area contributed by atoms with E-state index in [1.54, 1.807) is 6.07 Å². The van der Waals surface area contributed by atoms with Gasteiger partial charge in [-0.1, -0.05) is 29.8 Å². The first kappa shape index (κ1) is 15.5. The Labute approximate surface area is 132 Å². The molecule has 0 saturated heterocycles. The minimum Gasteiger partial charge on any atom is -0.324 e. The number of hydrogen-bond acceptors (Lipinski definition) is 1. The van der Waals surface area contributed by atoms with Crippen LogP contribution in [0.2, 0.25) is 5.02 Å². The van der Waals surface area contributed by atoms with Crippen LogP contribution in [0.1, 0.15) is 28.3 Å². The molecule has 0 aliphatic rings. The molecule has 0 aliphatic carbocycles. The first-order valence-electron chi connectivity index (χ1n) is 6.34. The van der Waals surface area contributed by atoms with Crippen molar-refractivity contribution in [3.8, 4) is 0 Å². The summed E-state index contributed by atoms with van der Waals surface area (Å²) in [6, 6.07) is 8.71. The molecule has 0 amide bonds. The van der Waals surface area contributed by atoms with Gasteiger partial charge in [0.2, 0.25) is 0 Å². The number of halogens is 3. The van der Waals surface area contributed by atoms with Crippen molar-refractivity contribution >= 4 is 27.5 Å². The topological polar surface area (TPSA) is 26.0 Å². The Bertz CT molecular complexity index is 643. The molecular formula is C16H16BrClFN. The molecule has 2 aromatic rings. The van der Waals surface area contributed by atoms with Crippen LogP contribution in [-0.2, 0) is 6.42 Å². The molecule has 4 heteroatoms. The standard InChI is InChI=1S/C16H16BrClFN/c1-9-3-4-11(5-10(9)2)6-16(20)12-7-14(18)13(17)8-15(12)19/h3-5,7-8,16H,6,20H2,1-2H3. The molecule has 0 saturated carbocycles. The third kappa shape index (κ3) is 3.40. The van der Waals surface area contributed by atoms with Crippen LogP contribution in [0.5, 0.6) is 0 Å². The minimum absolute atomic E-state index is 0.336. The summed E-state index contributed by atoms with van der Waals surface area (Å²) in [4.78, 5) is 0. The summed E-state index contributed by atoms with van der Waals surface area (Å²) in [6.45, 7) is 4.12. The first-order valence-corrected chi connectivity index (χ1v) is 7.51. The second-order valence-electron chi connectivity index (χ2n) is 5.02. The Hall–Kier alpha value is -0.900. The molecular weight excluding hydrogens is 341 g/mol. The summed E-state index contributed by atoms with van der Waals surface area (Å²) < 4.78 is 14.5. The molecule has 0 spiro atoms. The quantitative estimate of drug-likeness (QED) is 0.761. The molecule has 0 radical (unpaired) electrons. The molecule has 1 atom stereocenters. The SMILES string of the molecule is Cc1ccc(CC(N)c2cc(Cl)c(Br)cc2F)cc1C. The highest BCUT2D eigenvalue weighted by Crippen LogP contribution is 2.29. The van der Waals surface area contributed by atoms with Crippen molar-refractivity contribution in [2.75, 3.05) is 0 Å². The van der Waals surface area contributed by atoms with Crippen molar-refractivity contribution in [3.05, 3.63) is 67.9 Å². The van der Waals surface area contributed by atoms with Gasteiger partial charge < -0.3 is 5.73 Å². The van der Waals surface area contributed by atoms with Gasteiger partial charge in [-0.25, -0.2) is 4.39 Å². The Morgan fingerprint density at radius 2 is 1.90 bits per heavy atom. The largest absolute Gasteiger partial charge is 0.324 e. The predicted molar refractivity (Wildman–Crippen MR) is 85.7 cm³/mol. The van der Waals surface area contributed by atoms with Crippen LogP contribution < -0.4 is 5.73 Å². The molecule has 2 rings (SSSR count). The molecule has 0 heterocycles. The fourth-order valence-corrected chi connectivity index (χ4v) is 2.60. The fraction of sp³-hybridized carbons (Fsp3) is 0.250. The molecule has 0 bridgehead atoms. The van der Waals surface area contributed by atoms with E-state index >= 15 is 0 Å². The van der Waals surface area contributed by atoms with Gasteiger partial charge >= 0.3 is 0 Å². The van der Waals surface area contributed by atoms with Crippen LogP contribution in [0.25, 0.3) is 0 Å². The summed E-state index contributed by atoms with van der Waals surface area (Å²) in [5, 5.41) is 0.469. The van der Waals surface area contributed by atoms with Gasteiger partial charge in [-0.2, -0.15) is 0 Å². The van der Waals surface area contributed by atoms with Crippen molar-refractivity contribution in [2.45, 2.75) is 26.3 Å². The zero-order chi connectivity index (χ0) is 14.9. The summed E-state index contributed by atoms with van der Waals surface area (Å²) >= 11 is 9.21. The molecule has 0 aromatic heterocycles. The zero-order valence-corrected chi connectivity index (χ0v) is 13.7. The number of benzene rings is 2. The van der Waals surface area contributed by atoms with Gasteiger partial charge in [0.1, 0.15) is 5.82 Å². The van der Waals surface area contributed by atoms with Gasteiger partial charge in [0.25, 0.3) is 0 Å². The van der Waals surface area contributed by atoms with E-state index in [2.05, 4.69) is 41.9 Å². The van der Waals surface area contributed by atoms with E-state index in [4.69, 9.17) is 17.3 Å². The molecule has 0 fully saturated rings. The van der Waals surface area contributed by atoms with E-state index in [-0.39, 0.29) is 5.82 Å². The highest BCUT2D eigenvalue weighted by molar-refractivity contribution is 9.10. The average molecular weight is 357 g/mol. The van der Waals surface area contributed by atoms with Gasteiger partial charge in [0, 0.05) is 16.1 Å². The van der Waals surface area contributed by atoms with Crippen molar-refractivity contribution in [1.29, 1.82) is 0 Å². The molecule has 0 aliphatic heterocycles. The van der Waals surface area contributed by atoms with Gasteiger partial charge in [-0.15, -0.1) is 0 Å². The number of aryl methyl sites for hydroxylation is 2. The second-order valence-corrected chi connectivity index (χ2v) is 6.28. The van der Waals surface area contributed by atoms with E-state index in [9.17, 15) is 4.39 Å². The highest BCUT2D eigenvalue weighted by atomic mass is 79.9. The average Bonchev–Trinajstić information content (AvgIpc) is 2.38. The van der Waals surface area contributed by atoms with Crippen molar-refractivity contribution in [2.24, 2.45) is 5.73 Å². The van der Waals surface area contributed by atoms with Crippen molar-refractivity contribution < 1.29 is 4.39 Å². The van der Waals surface area contributed by atoms with Crippen LogP contribution in [-0.4, -0.2) is 0 Å². The summed E-state index contributed by atoms with van der Waals surface area (Å²) in [6.07, 6.45) is 0.579. The summed E-state index contributed by atoms with van der Waals surface area (Å²) in [7, 11) is 0. The number of hydrogen-bond donors (Lipinski definition) is 1. The Morgan fingerprint density at radius 3 is 2.55 bits per heavy atom. The lowest BCUT2D eigenvalue weighted by molar-refractivity contribution is 0.579. The molecule has 106 valence electrons. The lowest BCUT2D eigenvalue weighted by atomic mass is 9.97. The molecule has 1 unspecified atom stereocenters. The van der Waals surface area contributed by atoms with E-state index in [0.29, 0.717) is 21.5 Å². The van der Waals surface area contributed by atoms with Crippen LogP contribution in [0.15, 0.2) is 34.8 Å². The Balaban J connectivity index is 2.25. The van der Waals surface area contributed by atoms with Crippen LogP contribution >= 0.6 is 27.5 Å². The molecule has 1 nitrogen and oxygen atoms in total. The maximum Gasteiger partial charge on any atom is 0.129 e.